The van der Waals surface area contributed by atoms with E-state index in [1.54, 1.807) is 31.0 Å². The van der Waals surface area contributed by atoms with Gasteiger partial charge >= 0.3 is 0 Å². The van der Waals surface area contributed by atoms with Crippen molar-refractivity contribution >= 4 is 16.0 Å². The Morgan fingerprint density at radius 2 is 1.90 bits per heavy atom. The second-order valence-corrected chi connectivity index (χ2v) is 6.88. The smallest absolute Gasteiger partial charge is 0.297 e. The Morgan fingerprint density at radius 1 is 1.30 bits per heavy atom. The van der Waals surface area contributed by atoms with Crippen LogP contribution in [0.5, 0.6) is 0 Å². The summed E-state index contributed by atoms with van der Waals surface area (Å²) in [5.74, 6) is -0.0640. The number of rotatable bonds is 4. The van der Waals surface area contributed by atoms with Crippen molar-refractivity contribution in [3.63, 3.8) is 0 Å². The molecule has 1 aromatic carbocycles. The number of carbonyl (C=O) groups excluding carboxylic acids is 1. The maximum Gasteiger partial charge on any atom is 0.297 e. The van der Waals surface area contributed by atoms with E-state index in [1.807, 2.05) is 6.92 Å². The molecule has 1 saturated heterocycles. The van der Waals surface area contributed by atoms with Crippen LogP contribution in [0.4, 0.5) is 0 Å². The first-order valence-electron chi connectivity index (χ1n) is 6.53. The molecule has 1 aromatic rings. The maximum absolute atomic E-state index is 12.2. The van der Waals surface area contributed by atoms with Crippen molar-refractivity contribution in [1.29, 1.82) is 0 Å². The van der Waals surface area contributed by atoms with Crippen LogP contribution in [0.15, 0.2) is 29.2 Å². The molecule has 0 bridgehead atoms. The summed E-state index contributed by atoms with van der Waals surface area (Å²) in [6.07, 6.45) is -0.184. The van der Waals surface area contributed by atoms with Gasteiger partial charge in [0.15, 0.2) is 0 Å². The number of carbonyl (C=O) groups is 1. The first-order valence-corrected chi connectivity index (χ1v) is 7.94. The van der Waals surface area contributed by atoms with Crippen LogP contribution in [-0.2, 0) is 19.1 Å². The van der Waals surface area contributed by atoms with Crippen molar-refractivity contribution in [2.45, 2.75) is 31.3 Å². The second-order valence-electron chi connectivity index (χ2n) is 5.31. The number of hydrogen-bond donors (Lipinski definition) is 0. The molecule has 1 amide bonds. The van der Waals surface area contributed by atoms with Crippen LogP contribution in [0.2, 0.25) is 0 Å². The largest absolute Gasteiger partial charge is 0.345 e. The fourth-order valence-electron chi connectivity index (χ4n) is 2.25. The number of hydrogen-bond acceptors (Lipinski definition) is 4. The standard InChI is InChI=1S/C14H19NO4S/c1-10-4-6-13(7-5-10)20(17,18)19-11(2)12-8-14(16)15(3)9-12/h4-7,11-12H,8-9H2,1-3H3/t11-,12+/m0/s1. The van der Waals surface area contributed by atoms with Crippen LogP contribution in [0.3, 0.4) is 0 Å². The highest BCUT2D eigenvalue weighted by Gasteiger charge is 2.34. The van der Waals surface area contributed by atoms with E-state index >= 15 is 0 Å². The number of benzene rings is 1. The Balaban J connectivity index is 2.08. The third-order valence-electron chi connectivity index (χ3n) is 3.62. The van der Waals surface area contributed by atoms with E-state index in [-0.39, 0.29) is 16.7 Å². The summed E-state index contributed by atoms with van der Waals surface area (Å²) < 4.78 is 29.5. The Bertz CT molecular complexity index is 594. The summed E-state index contributed by atoms with van der Waals surface area (Å²) in [5.41, 5.74) is 0.986. The van der Waals surface area contributed by atoms with Crippen LogP contribution in [0, 0.1) is 12.8 Å². The van der Waals surface area contributed by atoms with Gasteiger partial charge in [-0.05, 0) is 26.0 Å². The molecule has 6 heteroatoms. The second kappa shape index (κ2) is 5.54. The average Bonchev–Trinajstić information content (AvgIpc) is 2.70. The quantitative estimate of drug-likeness (QED) is 0.791. The average molecular weight is 297 g/mol. The molecule has 0 aliphatic carbocycles. The summed E-state index contributed by atoms with van der Waals surface area (Å²) in [6.45, 7) is 4.12. The lowest BCUT2D eigenvalue weighted by Crippen LogP contribution is -2.26. The number of likely N-dealkylation sites (tertiary alicyclic amines) is 1. The molecule has 0 radical (unpaired) electrons. The molecule has 2 rings (SSSR count). The topological polar surface area (TPSA) is 63.7 Å². The van der Waals surface area contributed by atoms with Gasteiger partial charge in [0.2, 0.25) is 5.91 Å². The molecule has 2 atom stereocenters. The molecule has 0 saturated carbocycles. The van der Waals surface area contributed by atoms with Gasteiger partial charge in [0.05, 0.1) is 11.0 Å². The molecule has 1 heterocycles. The van der Waals surface area contributed by atoms with E-state index in [2.05, 4.69) is 0 Å². The minimum Gasteiger partial charge on any atom is -0.345 e. The maximum atomic E-state index is 12.2. The van der Waals surface area contributed by atoms with Gasteiger partial charge in [-0.2, -0.15) is 8.42 Å². The van der Waals surface area contributed by atoms with Crippen LogP contribution in [-0.4, -0.2) is 38.9 Å². The zero-order valence-corrected chi connectivity index (χ0v) is 12.7. The van der Waals surface area contributed by atoms with Gasteiger partial charge in [0, 0.05) is 25.9 Å². The first-order chi connectivity index (χ1) is 9.29. The molecule has 1 aliphatic rings. The Labute approximate surface area is 119 Å². The molecule has 20 heavy (non-hydrogen) atoms. The van der Waals surface area contributed by atoms with Gasteiger partial charge in [-0.25, -0.2) is 0 Å². The van der Waals surface area contributed by atoms with Crippen LogP contribution in [0.1, 0.15) is 18.9 Å². The molecular formula is C14H19NO4S. The Kier molecular flexibility index (Phi) is 4.15. The highest BCUT2D eigenvalue weighted by atomic mass is 32.2. The highest BCUT2D eigenvalue weighted by Crippen LogP contribution is 2.25. The molecule has 1 aliphatic heterocycles. The fraction of sp³-hybridized carbons (Fsp3) is 0.500. The van der Waals surface area contributed by atoms with E-state index in [0.29, 0.717) is 13.0 Å². The van der Waals surface area contributed by atoms with Crippen LogP contribution < -0.4 is 0 Å². The van der Waals surface area contributed by atoms with Crippen molar-refractivity contribution in [3.05, 3.63) is 29.8 Å². The molecule has 0 N–H and O–H groups in total. The monoisotopic (exact) mass is 297 g/mol. The fourth-order valence-corrected chi connectivity index (χ4v) is 3.39. The van der Waals surface area contributed by atoms with E-state index in [0.717, 1.165) is 5.56 Å². The summed E-state index contributed by atoms with van der Waals surface area (Å²) in [6, 6.07) is 6.52. The third-order valence-corrected chi connectivity index (χ3v) is 5.03. The predicted octanol–water partition coefficient (Wildman–Crippen LogP) is 1.57. The Morgan fingerprint density at radius 3 is 2.40 bits per heavy atom. The van der Waals surface area contributed by atoms with Crippen LogP contribution >= 0.6 is 0 Å². The summed E-state index contributed by atoms with van der Waals surface area (Å²) in [7, 11) is -2.07. The lowest BCUT2D eigenvalue weighted by Gasteiger charge is -2.18. The van der Waals surface area contributed by atoms with Gasteiger partial charge in [-0.15, -0.1) is 0 Å². The van der Waals surface area contributed by atoms with Gasteiger partial charge in [-0.1, -0.05) is 17.7 Å². The van der Waals surface area contributed by atoms with Crippen molar-refractivity contribution < 1.29 is 17.4 Å². The van der Waals surface area contributed by atoms with E-state index in [4.69, 9.17) is 4.18 Å². The number of amides is 1. The molecular weight excluding hydrogens is 278 g/mol. The molecule has 1 fully saturated rings. The van der Waals surface area contributed by atoms with Crippen molar-refractivity contribution in [1.82, 2.24) is 4.90 Å². The highest BCUT2D eigenvalue weighted by molar-refractivity contribution is 7.86. The van der Waals surface area contributed by atoms with Gasteiger partial charge in [0.25, 0.3) is 10.1 Å². The lowest BCUT2D eigenvalue weighted by atomic mass is 10.0. The number of aryl methyl sites for hydroxylation is 1. The van der Waals surface area contributed by atoms with Crippen molar-refractivity contribution in [2.24, 2.45) is 5.92 Å². The van der Waals surface area contributed by atoms with E-state index < -0.39 is 16.2 Å². The molecule has 110 valence electrons. The SMILES string of the molecule is Cc1ccc(S(=O)(=O)O[C@@H](C)[C@@H]2CC(=O)N(C)C2)cc1. The van der Waals surface area contributed by atoms with Gasteiger partial charge in [-0.3, -0.25) is 8.98 Å². The van der Waals surface area contributed by atoms with Crippen molar-refractivity contribution in [2.75, 3.05) is 13.6 Å². The van der Waals surface area contributed by atoms with Gasteiger partial charge < -0.3 is 4.90 Å². The summed E-state index contributed by atoms with van der Waals surface area (Å²) >= 11 is 0. The summed E-state index contributed by atoms with van der Waals surface area (Å²) in [5, 5.41) is 0. The Hall–Kier alpha value is -1.40. The normalized spacial score (nSPS) is 21.2. The molecule has 5 nitrogen and oxygen atoms in total. The van der Waals surface area contributed by atoms with E-state index in [1.165, 1.54) is 12.1 Å². The van der Waals surface area contributed by atoms with E-state index in [9.17, 15) is 13.2 Å². The predicted molar refractivity (Wildman–Crippen MR) is 74.7 cm³/mol. The minimum atomic E-state index is -3.78. The van der Waals surface area contributed by atoms with Gasteiger partial charge in [0.1, 0.15) is 0 Å². The zero-order valence-electron chi connectivity index (χ0n) is 11.9. The zero-order chi connectivity index (χ0) is 14.9. The lowest BCUT2D eigenvalue weighted by molar-refractivity contribution is -0.126. The third kappa shape index (κ3) is 3.19. The summed E-state index contributed by atoms with van der Waals surface area (Å²) in [4.78, 5) is 13.2. The number of nitrogens with zero attached hydrogens (tertiary/aromatic N) is 1. The molecule has 0 unspecified atom stereocenters. The van der Waals surface area contributed by atoms with Crippen molar-refractivity contribution in [3.8, 4) is 0 Å². The first kappa shape index (κ1) is 15.0. The minimum absolute atomic E-state index is 0.0261. The van der Waals surface area contributed by atoms with Crippen LogP contribution in [0.25, 0.3) is 0 Å². The molecule has 0 spiro atoms. The molecule has 0 aromatic heterocycles.